The normalized spacial score (nSPS) is 10.7. The third-order valence-corrected chi connectivity index (χ3v) is 2.70. The highest BCUT2D eigenvalue weighted by atomic mass is 16.4. The predicted octanol–water partition coefficient (Wildman–Crippen LogP) is 0.866. The molecule has 90 valence electrons. The van der Waals surface area contributed by atoms with Crippen LogP contribution in [0.15, 0.2) is 18.6 Å². The Kier molecular flexibility index (Phi) is 2.95. The van der Waals surface area contributed by atoms with Gasteiger partial charge >= 0.3 is 5.97 Å². The molecule has 0 aliphatic rings. The van der Waals surface area contributed by atoms with E-state index in [4.69, 9.17) is 5.11 Å². The van der Waals surface area contributed by atoms with E-state index in [0.29, 0.717) is 12.2 Å². The van der Waals surface area contributed by atoms with E-state index in [0.717, 1.165) is 12.0 Å². The second kappa shape index (κ2) is 4.40. The smallest absolute Gasteiger partial charge is 0.339 e. The molecule has 17 heavy (non-hydrogen) atoms. The SMILES string of the molecule is Cc1c(C(=O)O)cnn1CCc1cnn(C)c1. The maximum Gasteiger partial charge on any atom is 0.339 e. The molecule has 2 aromatic rings. The van der Waals surface area contributed by atoms with Gasteiger partial charge in [0.1, 0.15) is 5.56 Å². The number of carboxylic acid groups (broad SMARTS) is 1. The number of hydrogen-bond donors (Lipinski definition) is 1. The molecule has 1 N–H and O–H groups in total. The van der Waals surface area contributed by atoms with Gasteiger partial charge in [-0.15, -0.1) is 0 Å². The summed E-state index contributed by atoms with van der Waals surface area (Å²) in [6, 6.07) is 0. The fourth-order valence-electron chi connectivity index (χ4n) is 1.72. The standard InChI is InChI=1S/C11H14N4O2/c1-8-10(11(16)17)6-13-15(8)4-3-9-5-12-14(2)7-9/h5-7H,3-4H2,1-2H3,(H,16,17). The van der Waals surface area contributed by atoms with E-state index in [1.807, 2.05) is 13.2 Å². The largest absolute Gasteiger partial charge is 0.478 e. The van der Waals surface area contributed by atoms with Crippen molar-refractivity contribution in [2.45, 2.75) is 19.9 Å². The molecule has 0 bridgehead atoms. The zero-order valence-corrected chi connectivity index (χ0v) is 9.79. The highest BCUT2D eigenvalue weighted by Crippen LogP contribution is 2.08. The second-order valence-electron chi connectivity index (χ2n) is 3.94. The van der Waals surface area contributed by atoms with Gasteiger partial charge in [0.05, 0.1) is 12.4 Å². The number of aromatic nitrogens is 4. The van der Waals surface area contributed by atoms with Crippen LogP contribution in [0.2, 0.25) is 0 Å². The van der Waals surface area contributed by atoms with Crippen LogP contribution in [0.25, 0.3) is 0 Å². The quantitative estimate of drug-likeness (QED) is 0.851. The Hall–Kier alpha value is -2.11. The molecule has 2 heterocycles. The van der Waals surface area contributed by atoms with Crippen molar-refractivity contribution in [3.8, 4) is 0 Å². The lowest BCUT2D eigenvalue weighted by Gasteiger charge is -2.02. The monoisotopic (exact) mass is 234 g/mol. The van der Waals surface area contributed by atoms with Crippen molar-refractivity contribution in [3.05, 3.63) is 35.4 Å². The lowest BCUT2D eigenvalue weighted by atomic mass is 10.2. The summed E-state index contributed by atoms with van der Waals surface area (Å²) in [6.07, 6.45) is 5.92. The van der Waals surface area contributed by atoms with Gasteiger partial charge in [0.2, 0.25) is 0 Å². The first kappa shape index (κ1) is 11.4. The van der Waals surface area contributed by atoms with Gasteiger partial charge in [0.15, 0.2) is 0 Å². The van der Waals surface area contributed by atoms with Gasteiger partial charge in [-0.2, -0.15) is 10.2 Å². The third kappa shape index (κ3) is 2.35. The summed E-state index contributed by atoms with van der Waals surface area (Å²) in [5.41, 5.74) is 2.05. The average Bonchev–Trinajstić information content (AvgIpc) is 2.82. The summed E-state index contributed by atoms with van der Waals surface area (Å²) in [5.74, 6) is -0.935. The molecule has 0 radical (unpaired) electrons. The number of aromatic carboxylic acids is 1. The Balaban J connectivity index is 2.07. The van der Waals surface area contributed by atoms with Crippen LogP contribution in [0.3, 0.4) is 0 Å². The maximum atomic E-state index is 10.8. The van der Waals surface area contributed by atoms with Gasteiger partial charge in [-0.1, -0.05) is 0 Å². The first-order valence-corrected chi connectivity index (χ1v) is 5.31. The second-order valence-corrected chi connectivity index (χ2v) is 3.94. The van der Waals surface area contributed by atoms with Crippen LogP contribution in [0.4, 0.5) is 0 Å². The van der Waals surface area contributed by atoms with Crippen LogP contribution in [-0.2, 0) is 20.0 Å². The summed E-state index contributed by atoms with van der Waals surface area (Å²) in [5, 5.41) is 17.0. The Bertz CT molecular complexity index is 541. The lowest BCUT2D eigenvalue weighted by Crippen LogP contribution is -2.06. The molecule has 6 nitrogen and oxygen atoms in total. The van der Waals surface area contributed by atoms with E-state index in [1.165, 1.54) is 6.20 Å². The van der Waals surface area contributed by atoms with Gasteiger partial charge in [-0.25, -0.2) is 4.79 Å². The molecule has 0 aliphatic heterocycles. The fraction of sp³-hybridized carbons (Fsp3) is 0.364. The Morgan fingerprint density at radius 1 is 1.41 bits per heavy atom. The number of rotatable bonds is 4. The number of carbonyl (C=O) groups is 1. The fourth-order valence-corrected chi connectivity index (χ4v) is 1.72. The van der Waals surface area contributed by atoms with Crippen molar-refractivity contribution in [2.24, 2.45) is 7.05 Å². The summed E-state index contributed by atoms with van der Waals surface area (Å²) in [6.45, 7) is 2.42. The van der Waals surface area contributed by atoms with Gasteiger partial charge in [-0.3, -0.25) is 9.36 Å². The minimum Gasteiger partial charge on any atom is -0.478 e. The van der Waals surface area contributed by atoms with Crippen molar-refractivity contribution >= 4 is 5.97 Å². The lowest BCUT2D eigenvalue weighted by molar-refractivity contribution is 0.0696. The topological polar surface area (TPSA) is 72.9 Å². The van der Waals surface area contributed by atoms with Gasteiger partial charge < -0.3 is 5.11 Å². The molecule has 0 aliphatic carbocycles. The molecule has 0 saturated carbocycles. The Labute approximate surface area is 98.5 Å². The van der Waals surface area contributed by atoms with E-state index >= 15 is 0 Å². The predicted molar refractivity (Wildman–Crippen MR) is 60.8 cm³/mol. The number of nitrogens with zero attached hydrogens (tertiary/aromatic N) is 4. The van der Waals surface area contributed by atoms with Crippen LogP contribution in [0, 0.1) is 6.92 Å². The first-order valence-electron chi connectivity index (χ1n) is 5.31. The van der Waals surface area contributed by atoms with Crippen LogP contribution in [0.1, 0.15) is 21.6 Å². The van der Waals surface area contributed by atoms with E-state index in [1.54, 1.807) is 22.5 Å². The molecular formula is C11H14N4O2. The van der Waals surface area contributed by atoms with Crippen LogP contribution in [-0.4, -0.2) is 30.6 Å². The molecule has 2 rings (SSSR count). The van der Waals surface area contributed by atoms with E-state index in [9.17, 15) is 4.79 Å². The average molecular weight is 234 g/mol. The Morgan fingerprint density at radius 3 is 2.71 bits per heavy atom. The molecule has 0 saturated heterocycles. The first-order chi connectivity index (χ1) is 8.08. The molecule has 0 fully saturated rings. The van der Waals surface area contributed by atoms with Gasteiger partial charge in [0.25, 0.3) is 0 Å². The van der Waals surface area contributed by atoms with Crippen LogP contribution < -0.4 is 0 Å². The highest BCUT2D eigenvalue weighted by molar-refractivity contribution is 5.88. The van der Waals surface area contributed by atoms with Gasteiger partial charge in [-0.05, 0) is 18.9 Å². The highest BCUT2D eigenvalue weighted by Gasteiger charge is 2.12. The molecule has 0 unspecified atom stereocenters. The summed E-state index contributed by atoms with van der Waals surface area (Å²) in [7, 11) is 1.87. The van der Waals surface area contributed by atoms with Crippen molar-refractivity contribution in [2.75, 3.05) is 0 Å². The number of carboxylic acids is 1. The number of aryl methyl sites for hydroxylation is 3. The minimum atomic E-state index is -0.935. The molecular weight excluding hydrogens is 220 g/mol. The maximum absolute atomic E-state index is 10.8. The van der Waals surface area contributed by atoms with Crippen LogP contribution in [0.5, 0.6) is 0 Å². The van der Waals surface area contributed by atoms with Crippen molar-refractivity contribution in [1.82, 2.24) is 19.6 Å². The van der Waals surface area contributed by atoms with Crippen LogP contribution >= 0.6 is 0 Å². The van der Waals surface area contributed by atoms with Crippen molar-refractivity contribution in [1.29, 1.82) is 0 Å². The third-order valence-electron chi connectivity index (χ3n) is 2.70. The minimum absolute atomic E-state index is 0.260. The number of hydrogen-bond acceptors (Lipinski definition) is 3. The molecule has 0 aromatic carbocycles. The molecule has 2 aromatic heterocycles. The Morgan fingerprint density at radius 2 is 2.18 bits per heavy atom. The molecule has 0 amide bonds. The molecule has 0 spiro atoms. The summed E-state index contributed by atoms with van der Waals surface area (Å²) in [4.78, 5) is 10.8. The summed E-state index contributed by atoms with van der Waals surface area (Å²) < 4.78 is 3.45. The van der Waals surface area contributed by atoms with E-state index < -0.39 is 5.97 Å². The van der Waals surface area contributed by atoms with Crippen molar-refractivity contribution in [3.63, 3.8) is 0 Å². The molecule has 6 heteroatoms. The zero-order valence-electron chi connectivity index (χ0n) is 9.79. The van der Waals surface area contributed by atoms with Gasteiger partial charge in [0, 0.05) is 25.5 Å². The van der Waals surface area contributed by atoms with E-state index in [2.05, 4.69) is 10.2 Å². The zero-order chi connectivity index (χ0) is 12.4. The summed E-state index contributed by atoms with van der Waals surface area (Å²) >= 11 is 0. The van der Waals surface area contributed by atoms with Crippen molar-refractivity contribution < 1.29 is 9.90 Å². The van der Waals surface area contributed by atoms with E-state index in [-0.39, 0.29) is 5.56 Å². The molecule has 0 atom stereocenters.